The fraction of sp³-hybridized carbons (Fsp3) is 0.0800. The zero-order chi connectivity index (χ0) is 37.6. The lowest BCUT2D eigenvalue weighted by Crippen LogP contribution is -2.02. The van der Waals surface area contributed by atoms with Crippen LogP contribution in [0.4, 0.5) is 0 Å². The Bertz CT molecular complexity index is 2760. The number of hydrogen-bond acceptors (Lipinski definition) is 4. The van der Waals surface area contributed by atoms with E-state index in [4.69, 9.17) is 15.0 Å². The molecule has 2 aromatic heterocycles. The molecule has 0 N–H and O–H groups in total. The summed E-state index contributed by atoms with van der Waals surface area (Å²) >= 11 is 0. The van der Waals surface area contributed by atoms with Gasteiger partial charge in [0.05, 0.1) is 22.7 Å². The maximum Gasteiger partial charge on any atom is 0.165 e. The van der Waals surface area contributed by atoms with E-state index in [1.54, 1.807) is 0 Å². The molecular weight excluding hydrogens is 671 g/mol. The van der Waals surface area contributed by atoms with Crippen molar-refractivity contribution in [1.82, 2.24) is 19.5 Å². The predicted molar refractivity (Wildman–Crippen MR) is 225 cm³/mol. The SMILES string of the molecule is Cc1cc(C)cc(-c2ccc3c(c2)c2cc(-c4cc(C)cc(C)c4)ccc2n3-c2ccc(-c3nc(-c4ccccc4)nc(-c4ccccc4)n3)c(C#N)c2)c1. The van der Waals surface area contributed by atoms with Crippen molar-refractivity contribution in [2.24, 2.45) is 0 Å². The Morgan fingerprint density at radius 2 is 0.873 bits per heavy atom. The van der Waals surface area contributed by atoms with Gasteiger partial charge in [0, 0.05) is 33.2 Å². The molecule has 262 valence electrons. The number of aromatic nitrogens is 4. The van der Waals surface area contributed by atoms with Crippen LogP contribution >= 0.6 is 0 Å². The lowest BCUT2D eigenvalue weighted by molar-refractivity contribution is 1.07. The van der Waals surface area contributed by atoms with E-state index in [0.717, 1.165) is 38.6 Å². The summed E-state index contributed by atoms with van der Waals surface area (Å²) in [6.07, 6.45) is 0. The van der Waals surface area contributed by atoms with Crippen LogP contribution in [-0.4, -0.2) is 19.5 Å². The molecule has 0 aliphatic carbocycles. The van der Waals surface area contributed by atoms with Gasteiger partial charge in [-0.2, -0.15) is 5.26 Å². The Balaban J connectivity index is 1.24. The molecule has 0 atom stereocenters. The van der Waals surface area contributed by atoms with Gasteiger partial charge in [-0.3, -0.25) is 0 Å². The summed E-state index contributed by atoms with van der Waals surface area (Å²) in [5.41, 5.74) is 15.6. The number of hydrogen-bond donors (Lipinski definition) is 0. The summed E-state index contributed by atoms with van der Waals surface area (Å²) in [7, 11) is 0. The van der Waals surface area contributed by atoms with Crippen LogP contribution in [0.25, 0.3) is 83.9 Å². The van der Waals surface area contributed by atoms with Crippen molar-refractivity contribution < 1.29 is 0 Å². The van der Waals surface area contributed by atoms with Gasteiger partial charge >= 0.3 is 0 Å². The van der Waals surface area contributed by atoms with Gasteiger partial charge in [-0.1, -0.05) is 131 Å². The highest BCUT2D eigenvalue weighted by atomic mass is 15.0. The van der Waals surface area contributed by atoms with Gasteiger partial charge in [0.2, 0.25) is 0 Å². The van der Waals surface area contributed by atoms with Crippen LogP contribution in [0, 0.1) is 39.0 Å². The van der Waals surface area contributed by atoms with Crippen molar-refractivity contribution in [3.05, 3.63) is 179 Å². The second-order valence-corrected chi connectivity index (χ2v) is 14.4. The minimum atomic E-state index is 0.453. The molecule has 9 rings (SSSR count). The molecule has 9 aromatic rings. The molecule has 0 aliphatic heterocycles. The van der Waals surface area contributed by atoms with Crippen LogP contribution in [0.1, 0.15) is 27.8 Å². The van der Waals surface area contributed by atoms with E-state index in [2.05, 4.69) is 117 Å². The summed E-state index contributed by atoms with van der Waals surface area (Å²) in [5, 5.41) is 13.0. The van der Waals surface area contributed by atoms with E-state index in [-0.39, 0.29) is 0 Å². The molecule has 0 bridgehead atoms. The Morgan fingerprint density at radius 1 is 0.418 bits per heavy atom. The van der Waals surface area contributed by atoms with Crippen LogP contribution in [-0.2, 0) is 0 Å². The first kappa shape index (κ1) is 33.7. The molecule has 5 nitrogen and oxygen atoms in total. The molecule has 5 heteroatoms. The van der Waals surface area contributed by atoms with Crippen molar-refractivity contribution in [3.63, 3.8) is 0 Å². The third kappa shape index (κ3) is 6.34. The first-order valence-corrected chi connectivity index (χ1v) is 18.5. The first-order chi connectivity index (χ1) is 26.8. The maximum absolute atomic E-state index is 10.7. The standard InChI is InChI=1S/C50H37N5/c1-31-21-32(2)24-39(23-31)37-15-19-46-44(28-37)45-29-38(40-25-33(3)22-34(4)26-40)16-20-47(45)55(46)42-17-18-43(41(27-42)30-51)50-53-48(35-11-7-5-8-12-35)52-49(54-50)36-13-9-6-10-14-36/h5-29H,1-4H3. The lowest BCUT2D eigenvalue weighted by atomic mass is 9.97. The van der Waals surface area contributed by atoms with Crippen molar-refractivity contribution in [3.8, 4) is 68.2 Å². The molecule has 0 unspecified atom stereocenters. The van der Waals surface area contributed by atoms with Gasteiger partial charge in [0.1, 0.15) is 0 Å². The molecule has 0 fully saturated rings. The normalized spacial score (nSPS) is 11.3. The van der Waals surface area contributed by atoms with Gasteiger partial charge < -0.3 is 4.57 Å². The van der Waals surface area contributed by atoms with Gasteiger partial charge in [0.15, 0.2) is 17.5 Å². The van der Waals surface area contributed by atoms with E-state index in [1.807, 2.05) is 72.8 Å². The minimum Gasteiger partial charge on any atom is -0.309 e. The number of benzene rings is 7. The Labute approximate surface area is 320 Å². The largest absolute Gasteiger partial charge is 0.309 e. The lowest BCUT2D eigenvalue weighted by Gasteiger charge is -2.13. The van der Waals surface area contributed by atoms with Gasteiger partial charge in [-0.25, -0.2) is 15.0 Å². The molecular formula is C50H37N5. The van der Waals surface area contributed by atoms with Crippen molar-refractivity contribution in [2.45, 2.75) is 27.7 Å². The second-order valence-electron chi connectivity index (χ2n) is 14.4. The smallest absolute Gasteiger partial charge is 0.165 e. The molecule has 0 saturated carbocycles. The Kier molecular flexibility index (Phi) is 8.37. The summed E-state index contributed by atoms with van der Waals surface area (Å²) in [5.74, 6) is 1.56. The zero-order valence-electron chi connectivity index (χ0n) is 31.2. The minimum absolute atomic E-state index is 0.453. The highest BCUT2D eigenvalue weighted by Crippen LogP contribution is 2.39. The molecule has 55 heavy (non-hydrogen) atoms. The van der Waals surface area contributed by atoms with E-state index >= 15 is 0 Å². The fourth-order valence-electron chi connectivity index (χ4n) is 7.83. The number of nitriles is 1. The van der Waals surface area contributed by atoms with E-state index in [1.165, 1.54) is 44.5 Å². The van der Waals surface area contributed by atoms with E-state index < -0.39 is 0 Å². The average Bonchev–Trinajstić information content (AvgIpc) is 3.53. The predicted octanol–water partition coefficient (Wildman–Crippen LogP) is 12.4. The summed E-state index contributed by atoms with van der Waals surface area (Å²) < 4.78 is 2.27. The van der Waals surface area contributed by atoms with E-state index in [0.29, 0.717) is 28.6 Å². The van der Waals surface area contributed by atoms with Crippen molar-refractivity contribution >= 4 is 21.8 Å². The summed E-state index contributed by atoms with van der Waals surface area (Å²) in [4.78, 5) is 14.7. The zero-order valence-corrected chi connectivity index (χ0v) is 31.2. The number of rotatable bonds is 6. The molecule has 0 radical (unpaired) electrons. The summed E-state index contributed by atoms with van der Waals surface area (Å²) in [6, 6.07) is 55.1. The number of nitrogens with zero attached hydrogens (tertiary/aromatic N) is 5. The molecule has 0 saturated heterocycles. The van der Waals surface area contributed by atoms with Crippen LogP contribution in [0.5, 0.6) is 0 Å². The highest BCUT2D eigenvalue weighted by molar-refractivity contribution is 6.11. The van der Waals surface area contributed by atoms with E-state index in [9.17, 15) is 5.26 Å². The van der Waals surface area contributed by atoms with Crippen LogP contribution in [0.15, 0.2) is 152 Å². The van der Waals surface area contributed by atoms with Gasteiger partial charge in [0.25, 0.3) is 0 Å². The Morgan fingerprint density at radius 3 is 1.33 bits per heavy atom. The van der Waals surface area contributed by atoms with Crippen LogP contribution < -0.4 is 0 Å². The number of aryl methyl sites for hydroxylation is 4. The quantitative estimate of drug-likeness (QED) is 0.173. The topological polar surface area (TPSA) is 67.4 Å². The summed E-state index contributed by atoms with van der Waals surface area (Å²) in [6.45, 7) is 8.59. The first-order valence-electron chi connectivity index (χ1n) is 18.5. The monoisotopic (exact) mass is 707 g/mol. The van der Waals surface area contributed by atoms with Crippen LogP contribution in [0.3, 0.4) is 0 Å². The molecule has 0 spiro atoms. The molecule has 0 aliphatic rings. The van der Waals surface area contributed by atoms with Crippen LogP contribution in [0.2, 0.25) is 0 Å². The molecule has 7 aromatic carbocycles. The maximum atomic E-state index is 10.7. The molecule has 2 heterocycles. The third-order valence-electron chi connectivity index (χ3n) is 10.2. The highest BCUT2D eigenvalue weighted by Gasteiger charge is 2.19. The molecule has 0 amide bonds. The second kappa shape index (κ2) is 13.7. The van der Waals surface area contributed by atoms with Gasteiger partial charge in [-0.15, -0.1) is 0 Å². The fourth-order valence-corrected chi connectivity index (χ4v) is 7.83. The Hall–Kier alpha value is -7.16. The third-order valence-corrected chi connectivity index (χ3v) is 10.2. The number of fused-ring (bicyclic) bond motifs is 3. The average molecular weight is 708 g/mol. The van der Waals surface area contributed by atoms with Crippen molar-refractivity contribution in [2.75, 3.05) is 0 Å². The van der Waals surface area contributed by atoms with Gasteiger partial charge in [-0.05, 0) is 92.4 Å². The van der Waals surface area contributed by atoms with Crippen molar-refractivity contribution in [1.29, 1.82) is 5.26 Å².